The van der Waals surface area contributed by atoms with E-state index in [1.165, 1.54) is 6.20 Å². The fraction of sp³-hybridized carbons (Fsp3) is 0.308. The molecular formula is C13H18N4O3S. The molecular weight excluding hydrogens is 292 g/mol. The average Bonchev–Trinajstić information content (AvgIpc) is 2.81. The van der Waals surface area contributed by atoms with Gasteiger partial charge in [0.1, 0.15) is 4.90 Å². The van der Waals surface area contributed by atoms with Gasteiger partial charge in [-0.3, -0.25) is 4.79 Å². The molecule has 1 amide bonds. The predicted molar refractivity (Wildman–Crippen MR) is 80.9 cm³/mol. The molecule has 6 N–H and O–H groups in total. The number of fused-ring (bicyclic) bond motifs is 1. The molecule has 114 valence electrons. The Kier molecular flexibility index (Phi) is 4.49. The second-order valence-corrected chi connectivity index (χ2v) is 6.51. The molecule has 2 rings (SSSR count). The quantitative estimate of drug-likeness (QED) is 0.442. The van der Waals surface area contributed by atoms with Gasteiger partial charge in [-0.05, 0) is 31.0 Å². The normalized spacial score (nSPS) is 11.8. The Morgan fingerprint density at radius 2 is 2.05 bits per heavy atom. The molecule has 7 nitrogen and oxygen atoms in total. The Balaban J connectivity index is 2.07. The van der Waals surface area contributed by atoms with E-state index in [2.05, 4.69) is 9.71 Å². The van der Waals surface area contributed by atoms with Crippen molar-refractivity contribution < 1.29 is 13.2 Å². The van der Waals surface area contributed by atoms with Gasteiger partial charge in [0.15, 0.2) is 0 Å². The van der Waals surface area contributed by atoms with Crippen LogP contribution in [-0.4, -0.2) is 25.9 Å². The van der Waals surface area contributed by atoms with E-state index >= 15 is 0 Å². The summed E-state index contributed by atoms with van der Waals surface area (Å²) < 4.78 is 27.0. The zero-order valence-corrected chi connectivity index (χ0v) is 12.2. The van der Waals surface area contributed by atoms with E-state index in [-0.39, 0.29) is 23.8 Å². The molecule has 0 saturated carbocycles. The molecule has 8 heteroatoms. The summed E-state index contributed by atoms with van der Waals surface area (Å²) in [5.41, 5.74) is 11.9. The number of nitrogens with two attached hydrogens (primary N) is 2. The van der Waals surface area contributed by atoms with E-state index in [9.17, 15) is 13.2 Å². The number of aromatic nitrogens is 1. The summed E-state index contributed by atoms with van der Waals surface area (Å²) >= 11 is 0. The Morgan fingerprint density at radius 3 is 2.76 bits per heavy atom. The van der Waals surface area contributed by atoms with Gasteiger partial charge in [0, 0.05) is 35.8 Å². The molecule has 0 aliphatic carbocycles. The molecule has 0 spiro atoms. The highest BCUT2D eigenvalue weighted by atomic mass is 32.2. The third kappa shape index (κ3) is 3.73. The number of anilines is 1. The first-order valence-electron chi connectivity index (χ1n) is 6.55. The standard InChI is InChI=1S/C13H18N4O3S/c14-9-4-5-11-10(7-9)12(8-16-11)21(19,20)17-6-2-1-3-13(15)18/h4-5,7-8,16-17H,1-3,6,14H2,(H2,15,18). The molecule has 0 aliphatic heterocycles. The Labute approximate surface area is 122 Å². The van der Waals surface area contributed by atoms with E-state index in [1.54, 1.807) is 18.2 Å². The summed E-state index contributed by atoms with van der Waals surface area (Å²) in [6, 6.07) is 5.05. The number of rotatable bonds is 7. The lowest BCUT2D eigenvalue weighted by molar-refractivity contribution is -0.118. The van der Waals surface area contributed by atoms with Crippen LogP contribution in [0.1, 0.15) is 19.3 Å². The Bertz CT molecular complexity index is 752. The average molecular weight is 310 g/mol. The van der Waals surface area contributed by atoms with Crippen molar-refractivity contribution in [3.63, 3.8) is 0 Å². The highest BCUT2D eigenvalue weighted by Gasteiger charge is 2.18. The van der Waals surface area contributed by atoms with Gasteiger partial charge < -0.3 is 16.5 Å². The van der Waals surface area contributed by atoms with Crippen molar-refractivity contribution in [1.82, 2.24) is 9.71 Å². The molecule has 0 aliphatic rings. The topological polar surface area (TPSA) is 131 Å². The highest BCUT2D eigenvalue weighted by Crippen LogP contribution is 2.24. The molecule has 0 radical (unpaired) electrons. The number of sulfonamides is 1. The van der Waals surface area contributed by atoms with Crippen molar-refractivity contribution in [2.45, 2.75) is 24.2 Å². The molecule has 1 aromatic heterocycles. The largest absolute Gasteiger partial charge is 0.399 e. The number of primary amides is 1. The number of H-pyrrole nitrogens is 1. The maximum Gasteiger partial charge on any atom is 0.242 e. The van der Waals surface area contributed by atoms with Gasteiger partial charge in [0.05, 0.1) is 0 Å². The van der Waals surface area contributed by atoms with E-state index in [4.69, 9.17) is 11.5 Å². The van der Waals surface area contributed by atoms with Crippen molar-refractivity contribution in [1.29, 1.82) is 0 Å². The minimum absolute atomic E-state index is 0.166. The van der Waals surface area contributed by atoms with E-state index < -0.39 is 10.0 Å². The van der Waals surface area contributed by atoms with Gasteiger partial charge >= 0.3 is 0 Å². The summed E-state index contributed by atoms with van der Waals surface area (Å²) in [6.45, 7) is 0.255. The van der Waals surface area contributed by atoms with Crippen LogP contribution in [0.3, 0.4) is 0 Å². The fourth-order valence-electron chi connectivity index (χ4n) is 2.04. The van der Waals surface area contributed by atoms with E-state index in [0.717, 1.165) is 0 Å². The first-order chi connectivity index (χ1) is 9.90. The van der Waals surface area contributed by atoms with Gasteiger partial charge in [-0.25, -0.2) is 13.1 Å². The first-order valence-corrected chi connectivity index (χ1v) is 8.03. The Morgan fingerprint density at radius 1 is 1.29 bits per heavy atom. The molecule has 2 aromatic rings. The predicted octanol–water partition coefficient (Wildman–Crippen LogP) is 0.684. The van der Waals surface area contributed by atoms with E-state index in [1.807, 2.05) is 0 Å². The van der Waals surface area contributed by atoms with Gasteiger partial charge in [-0.2, -0.15) is 0 Å². The number of carbonyl (C=O) groups is 1. The van der Waals surface area contributed by atoms with Gasteiger partial charge in [0.2, 0.25) is 15.9 Å². The second kappa shape index (κ2) is 6.15. The van der Waals surface area contributed by atoms with Crippen molar-refractivity contribution in [2.75, 3.05) is 12.3 Å². The Hall–Kier alpha value is -2.06. The SMILES string of the molecule is NC(=O)CCCCNS(=O)(=O)c1c[nH]c2ccc(N)cc12. The number of hydrogen-bond donors (Lipinski definition) is 4. The lowest BCUT2D eigenvalue weighted by Gasteiger charge is -2.05. The number of hydrogen-bond acceptors (Lipinski definition) is 4. The van der Waals surface area contributed by atoms with Gasteiger partial charge in [-0.1, -0.05) is 0 Å². The van der Waals surface area contributed by atoms with Crippen LogP contribution in [0.4, 0.5) is 5.69 Å². The maximum absolute atomic E-state index is 12.3. The van der Waals surface area contributed by atoms with Gasteiger partial charge in [-0.15, -0.1) is 0 Å². The number of carbonyl (C=O) groups excluding carboxylic acids is 1. The summed E-state index contributed by atoms with van der Waals surface area (Å²) in [4.78, 5) is 13.7. The van der Waals surface area contributed by atoms with Crippen LogP contribution in [-0.2, 0) is 14.8 Å². The van der Waals surface area contributed by atoms with Crippen molar-refractivity contribution in [2.24, 2.45) is 5.73 Å². The van der Waals surface area contributed by atoms with Crippen molar-refractivity contribution in [3.05, 3.63) is 24.4 Å². The number of unbranched alkanes of at least 4 members (excludes halogenated alkanes) is 1. The lowest BCUT2D eigenvalue weighted by Crippen LogP contribution is -2.25. The smallest absolute Gasteiger partial charge is 0.242 e. The fourth-order valence-corrected chi connectivity index (χ4v) is 3.28. The highest BCUT2D eigenvalue weighted by molar-refractivity contribution is 7.89. The maximum atomic E-state index is 12.3. The van der Waals surface area contributed by atoms with E-state index in [0.29, 0.717) is 29.4 Å². The third-order valence-electron chi connectivity index (χ3n) is 3.10. The molecule has 0 saturated heterocycles. The van der Waals surface area contributed by atoms with Gasteiger partial charge in [0.25, 0.3) is 0 Å². The molecule has 0 fully saturated rings. The number of aromatic amines is 1. The number of nitrogen functional groups attached to an aromatic ring is 1. The molecule has 1 aromatic carbocycles. The summed E-state index contributed by atoms with van der Waals surface area (Å²) in [6.07, 6.45) is 2.80. The summed E-state index contributed by atoms with van der Waals surface area (Å²) in [5.74, 6) is -0.384. The third-order valence-corrected chi connectivity index (χ3v) is 4.60. The molecule has 0 unspecified atom stereocenters. The van der Waals surface area contributed by atoms with Crippen LogP contribution in [0.2, 0.25) is 0 Å². The molecule has 1 heterocycles. The van der Waals surface area contributed by atoms with Crippen LogP contribution in [0.15, 0.2) is 29.3 Å². The van der Waals surface area contributed by atoms with Crippen molar-refractivity contribution >= 4 is 32.5 Å². The van der Waals surface area contributed by atoms with Crippen LogP contribution < -0.4 is 16.2 Å². The number of nitrogens with one attached hydrogen (secondary N) is 2. The zero-order chi connectivity index (χ0) is 15.5. The van der Waals surface area contributed by atoms with Crippen molar-refractivity contribution in [3.8, 4) is 0 Å². The summed E-state index contributed by atoms with van der Waals surface area (Å²) in [5, 5.41) is 0.555. The zero-order valence-electron chi connectivity index (χ0n) is 11.4. The van der Waals surface area contributed by atoms with Crippen LogP contribution >= 0.6 is 0 Å². The monoisotopic (exact) mass is 310 g/mol. The minimum atomic E-state index is -3.61. The second-order valence-electron chi connectivity index (χ2n) is 4.78. The number of benzene rings is 1. The lowest BCUT2D eigenvalue weighted by atomic mass is 10.2. The molecule has 0 bridgehead atoms. The first kappa shape index (κ1) is 15.3. The number of amides is 1. The molecule has 21 heavy (non-hydrogen) atoms. The van der Waals surface area contributed by atoms with Crippen LogP contribution in [0.25, 0.3) is 10.9 Å². The minimum Gasteiger partial charge on any atom is -0.399 e. The van der Waals surface area contributed by atoms with Crippen LogP contribution in [0.5, 0.6) is 0 Å². The molecule has 0 atom stereocenters. The van der Waals surface area contributed by atoms with Crippen LogP contribution in [0, 0.1) is 0 Å². The summed E-state index contributed by atoms with van der Waals surface area (Å²) in [7, 11) is -3.61.